The molecule has 0 aliphatic rings. The highest BCUT2D eigenvalue weighted by molar-refractivity contribution is 7.89. The molecule has 1 atom stereocenters. The fourth-order valence-electron chi connectivity index (χ4n) is 2.72. The first-order chi connectivity index (χ1) is 12.7. The maximum atomic E-state index is 13.5. The van der Waals surface area contributed by atoms with Crippen LogP contribution in [-0.2, 0) is 10.0 Å². The Bertz CT molecular complexity index is 868. The summed E-state index contributed by atoms with van der Waals surface area (Å²) in [5.74, 6) is -0.541. The van der Waals surface area contributed by atoms with Crippen LogP contribution in [0, 0.1) is 5.82 Å². The van der Waals surface area contributed by atoms with Crippen LogP contribution in [0.4, 0.5) is 10.1 Å². The third-order valence-corrected chi connectivity index (χ3v) is 5.74. The van der Waals surface area contributed by atoms with Gasteiger partial charge in [0.1, 0.15) is 16.5 Å². The van der Waals surface area contributed by atoms with Crippen LogP contribution in [0.1, 0.15) is 11.6 Å². The maximum absolute atomic E-state index is 13.5. The molecule has 0 heterocycles. The second-order valence-electron chi connectivity index (χ2n) is 6.61. The van der Waals surface area contributed by atoms with E-state index in [4.69, 9.17) is 4.74 Å². The summed E-state index contributed by atoms with van der Waals surface area (Å²) < 4.78 is 46.5. The van der Waals surface area contributed by atoms with Crippen LogP contribution >= 0.6 is 0 Å². The van der Waals surface area contributed by atoms with E-state index in [1.165, 1.54) is 13.2 Å². The third kappa shape index (κ3) is 5.18. The number of halogens is 1. The van der Waals surface area contributed by atoms with Gasteiger partial charge in [0.2, 0.25) is 10.0 Å². The van der Waals surface area contributed by atoms with E-state index in [1.807, 2.05) is 62.3 Å². The highest BCUT2D eigenvalue weighted by Gasteiger charge is 2.23. The molecular formula is C19H26FN3O3S. The molecule has 1 N–H and O–H groups in total. The van der Waals surface area contributed by atoms with Gasteiger partial charge in [0.05, 0.1) is 7.11 Å². The Morgan fingerprint density at radius 1 is 1.07 bits per heavy atom. The number of nitrogens with one attached hydrogen (secondary N) is 1. The van der Waals surface area contributed by atoms with E-state index in [9.17, 15) is 12.8 Å². The van der Waals surface area contributed by atoms with Crippen LogP contribution in [0.5, 0.6) is 5.75 Å². The maximum Gasteiger partial charge on any atom is 0.244 e. The molecule has 0 radical (unpaired) electrons. The van der Waals surface area contributed by atoms with Gasteiger partial charge in [0.25, 0.3) is 0 Å². The Morgan fingerprint density at radius 2 is 1.70 bits per heavy atom. The standard InChI is InChI=1S/C19H26FN3O3S/c1-22(2)16-9-6-14(7-10-16)17(23(3)4)13-21-27(24,25)19-12-15(20)8-11-18(19)26-5/h6-12,17,21H,13H2,1-5H3/t17-/m1/s1. The van der Waals surface area contributed by atoms with Crippen molar-refractivity contribution in [3.8, 4) is 5.75 Å². The first kappa shape index (κ1) is 21.1. The Hall–Kier alpha value is -2.16. The van der Waals surface area contributed by atoms with Gasteiger partial charge in [-0.2, -0.15) is 0 Å². The molecular weight excluding hydrogens is 369 g/mol. The van der Waals surface area contributed by atoms with E-state index < -0.39 is 15.8 Å². The first-order valence-electron chi connectivity index (χ1n) is 8.42. The summed E-state index contributed by atoms with van der Waals surface area (Å²) >= 11 is 0. The Morgan fingerprint density at radius 3 is 2.22 bits per heavy atom. The number of likely N-dealkylation sites (N-methyl/N-ethyl adjacent to an activating group) is 1. The minimum Gasteiger partial charge on any atom is -0.495 e. The molecule has 0 spiro atoms. The predicted octanol–water partition coefficient (Wildman–Crippen LogP) is 2.48. The molecule has 0 aliphatic carbocycles. The number of sulfonamides is 1. The quantitative estimate of drug-likeness (QED) is 0.744. The van der Waals surface area contributed by atoms with E-state index >= 15 is 0 Å². The highest BCUT2D eigenvalue weighted by Crippen LogP contribution is 2.26. The summed E-state index contributed by atoms with van der Waals surface area (Å²) in [6.07, 6.45) is 0. The molecule has 0 bridgehead atoms. The summed E-state index contributed by atoms with van der Waals surface area (Å²) in [4.78, 5) is 3.70. The van der Waals surface area contributed by atoms with Crippen LogP contribution in [-0.4, -0.2) is 55.2 Å². The van der Waals surface area contributed by atoms with Crippen molar-refractivity contribution in [2.45, 2.75) is 10.9 Å². The van der Waals surface area contributed by atoms with Crippen molar-refractivity contribution in [1.82, 2.24) is 9.62 Å². The summed E-state index contributed by atoms with van der Waals surface area (Å²) in [5, 5.41) is 0. The van der Waals surface area contributed by atoms with Crippen molar-refractivity contribution in [3.05, 3.63) is 53.8 Å². The van der Waals surface area contributed by atoms with E-state index in [-0.39, 0.29) is 23.2 Å². The number of ether oxygens (including phenoxy) is 1. The lowest BCUT2D eigenvalue weighted by Gasteiger charge is -2.26. The molecule has 0 fully saturated rings. The average Bonchev–Trinajstić information content (AvgIpc) is 2.62. The number of hydrogen-bond acceptors (Lipinski definition) is 5. The van der Waals surface area contributed by atoms with E-state index in [0.717, 1.165) is 23.4 Å². The summed E-state index contributed by atoms with van der Waals surface area (Å²) in [5.41, 5.74) is 2.03. The zero-order valence-corrected chi connectivity index (χ0v) is 17.0. The lowest BCUT2D eigenvalue weighted by Crippen LogP contribution is -2.34. The molecule has 0 aliphatic heterocycles. The lowest BCUT2D eigenvalue weighted by molar-refractivity contribution is 0.299. The van der Waals surface area contributed by atoms with Gasteiger partial charge in [-0.3, -0.25) is 0 Å². The van der Waals surface area contributed by atoms with Gasteiger partial charge < -0.3 is 14.5 Å². The van der Waals surface area contributed by atoms with Crippen LogP contribution in [0.3, 0.4) is 0 Å². The Kier molecular flexibility index (Phi) is 6.80. The van der Waals surface area contributed by atoms with Crippen molar-refractivity contribution in [2.75, 3.05) is 46.7 Å². The molecule has 0 amide bonds. The van der Waals surface area contributed by atoms with Gasteiger partial charge in [0.15, 0.2) is 0 Å². The summed E-state index contributed by atoms with van der Waals surface area (Å²) in [6, 6.07) is 11.1. The van der Waals surface area contributed by atoms with Crippen molar-refractivity contribution < 1.29 is 17.5 Å². The predicted molar refractivity (Wildman–Crippen MR) is 105 cm³/mol. The second kappa shape index (κ2) is 8.69. The zero-order valence-electron chi connectivity index (χ0n) is 16.2. The molecule has 0 unspecified atom stereocenters. The first-order valence-corrected chi connectivity index (χ1v) is 9.91. The van der Waals surface area contributed by atoms with E-state index in [2.05, 4.69) is 4.72 Å². The molecule has 6 nitrogen and oxygen atoms in total. The van der Waals surface area contributed by atoms with Crippen LogP contribution in [0.2, 0.25) is 0 Å². The number of methoxy groups -OCH3 is 1. The van der Waals surface area contributed by atoms with Crippen LogP contribution in [0.15, 0.2) is 47.4 Å². The number of nitrogens with zero attached hydrogens (tertiary/aromatic N) is 2. The smallest absolute Gasteiger partial charge is 0.244 e. The van der Waals surface area contributed by atoms with Gasteiger partial charge in [-0.25, -0.2) is 17.5 Å². The van der Waals surface area contributed by atoms with Crippen molar-refractivity contribution >= 4 is 15.7 Å². The molecule has 8 heteroatoms. The van der Waals surface area contributed by atoms with Crippen molar-refractivity contribution in [3.63, 3.8) is 0 Å². The summed E-state index contributed by atoms with van der Waals surface area (Å²) in [7, 11) is 5.08. The monoisotopic (exact) mass is 395 g/mol. The molecule has 2 aromatic carbocycles. The largest absolute Gasteiger partial charge is 0.495 e. The van der Waals surface area contributed by atoms with Gasteiger partial charge in [0, 0.05) is 32.4 Å². The third-order valence-electron chi connectivity index (χ3n) is 4.30. The van der Waals surface area contributed by atoms with Crippen molar-refractivity contribution in [2.24, 2.45) is 0 Å². The van der Waals surface area contributed by atoms with E-state index in [1.54, 1.807) is 0 Å². The number of benzene rings is 2. The normalized spacial score (nSPS) is 12.9. The van der Waals surface area contributed by atoms with Gasteiger partial charge in [-0.15, -0.1) is 0 Å². The fraction of sp³-hybridized carbons (Fsp3) is 0.368. The van der Waals surface area contributed by atoms with Crippen molar-refractivity contribution in [1.29, 1.82) is 0 Å². The topological polar surface area (TPSA) is 61.9 Å². The summed E-state index contributed by atoms with van der Waals surface area (Å²) in [6.45, 7) is 0.135. The van der Waals surface area contributed by atoms with Crippen LogP contribution in [0.25, 0.3) is 0 Å². The fourth-order valence-corrected chi connectivity index (χ4v) is 3.94. The SMILES string of the molecule is COc1ccc(F)cc1S(=O)(=O)NC[C@H](c1ccc(N(C)C)cc1)N(C)C. The number of rotatable bonds is 8. The molecule has 0 saturated heterocycles. The molecule has 27 heavy (non-hydrogen) atoms. The van der Waals surface area contributed by atoms with E-state index in [0.29, 0.717) is 0 Å². The Labute approximate surface area is 160 Å². The Balaban J connectivity index is 2.24. The molecule has 0 saturated carbocycles. The van der Waals surface area contributed by atoms with Gasteiger partial charge >= 0.3 is 0 Å². The average molecular weight is 396 g/mol. The van der Waals surface area contributed by atoms with Gasteiger partial charge in [-0.05, 0) is 50.0 Å². The van der Waals surface area contributed by atoms with Gasteiger partial charge in [-0.1, -0.05) is 12.1 Å². The van der Waals surface area contributed by atoms with Crippen LogP contribution < -0.4 is 14.4 Å². The number of hydrogen-bond donors (Lipinski definition) is 1. The molecule has 0 aromatic heterocycles. The minimum absolute atomic E-state index is 0.0978. The molecule has 148 valence electrons. The lowest BCUT2D eigenvalue weighted by atomic mass is 10.1. The minimum atomic E-state index is -3.93. The molecule has 2 aromatic rings. The molecule has 2 rings (SSSR count). The second-order valence-corrected chi connectivity index (χ2v) is 8.35. The highest BCUT2D eigenvalue weighted by atomic mass is 32.2. The zero-order chi connectivity index (χ0) is 20.2. The number of anilines is 1.